The quantitative estimate of drug-likeness (QED) is 0.424. The molecule has 0 amide bonds. The molecular formula is C9H16O. The molecule has 0 saturated carbocycles. The van der Waals surface area contributed by atoms with Crippen molar-refractivity contribution in [3.63, 3.8) is 0 Å². The van der Waals surface area contributed by atoms with Gasteiger partial charge in [-0.05, 0) is 19.3 Å². The summed E-state index contributed by atoms with van der Waals surface area (Å²) in [7, 11) is 0. The Labute approximate surface area is 63.1 Å². The monoisotopic (exact) mass is 140 g/mol. The van der Waals surface area contributed by atoms with Crippen molar-refractivity contribution in [2.24, 2.45) is 0 Å². The van der Waals surface area contributed by atoms with Crippen LogP contribution >= 0.6 is 0 Å². The maximum absolute atomic E-state index is 10.2. The standard InChI is InChI=1S/C9H16O/c1-3-5-6-7-9(4-2)8-10/h3-7H2,1-2H3. The van der Waals surface area contributed by atoms with Crippen molar-refractivity contribution in [3.8, 4) is 0 Å². The molecule has 0 aliphatic heterocycles. The first-order chi connectivity index (χ1) is 4.85. The largest absolute Gasteiger partial charge is 0.234 e. The van der Waals surface area contributed by atoms with E-state index in [1.807, 2.05) is 12.9 Å². The van der Waals surface area contributed by atoms with Crippen LogP contribution < -0.4 is 0 Å². The Kier molecular flexibility index (Phi) is 6.21. The van der Waals surface area contributed by atoms with E-state index >= 15 is 0 Å². The van der Waals surface area contributed by atoms with E-state index in [9.17, 15) is 4.79 Å². The van der Waals surface area contributed by atoms with Crippen LogP contribution in [0.1, 0.15) is 46.0 Å². The molecule has 0 fully saturated rings. The molecule has 0 aromatic carbocycles. The molecule has 0 rings (SSSR count). The Balaban J connectivity index is 3.37. The molecule has 0 aliphatic rings. The molecule has 0 saturated heterocycles. The summed E-state index contributed by atoms with van der Waals surface area (Å²) >= 11 is 0. The van der Waals surface area contributed by atoms with Crippen LogP contribution in [0.5, 0.6) is 0 Å². The average Bonchev–Trinajstić information content (AvgIpc) is 1.99. The molecule has 0 aromatic rings. The first-order valence-corrected chi connectivity index (χ1v) is 4.08. The third-order valence-electron chi connectivity index (χ3n) is 1.65. The van der Waals surface area contributed by atoms with Gasteiger partial charge in [0.05, 0.1) is 0 Å². The van der Waals surface area contributed by atoms with Crippen LogP contribution in [0.3, 0.4) is 0 Å². The zero-order valence-electron chi connectivity index (χ0n) is 6.94. The smallest absolute Gasteiger partial charge is 0.123 e. The number of hydrogen-bond acceptors (Lipinski definition) is 1. The maximum Gasteiger partial charge on any atom is 0.123 e. The van der Waals surface area contributed by atoms with Crippen LogP contribution in [-0.2, 0) is 4.79 Å². The lowest BCUT2D eigenvalue weighted by atomic mass is 10.1. The van der Waals surface area contributed by atoms with Gasteiger partial charge in [-0.2, -0.15) is 0 Å². The van der Waals surface area contributed by atoms with E-state index in [1.165, 1.54) is 12.8 Å². The second kappa shape index (κ2) is 6.57. The summed E-state index contributed by atoms with van der Waals surface area (Å²) in [6, 6.07) is 0. The van der Waals surface area contributed by atoms with E-state index in [0.717, 1.165) is 24.8 Å². The number of allylic oxidation sites excluding steroid dienone is 1. The number of unbranched alkanes of at least 4 members (excludes halogenated alkanes) is 2. The molecule has 0 heterocycles. The predicted octanol–water partition coefficient (Wildman–Crippen LogP) is 2.73. The Morgan fingerprint density at radius 3 is 2.40 bits per heavy atom. The lowest BCUT2D eigenvalue weighted by Crippen LogP contribution is -1.82. The highest BCUT2D eigenvalue weighted by Gasteiger charge is 1.93. The van der Waals surface area contributed by atoms with Gasteiger partial charge in [0, 0.05) is 5.57 Å². The Morgan fingerprint density at radius 2 is 2.00 bits per heavy atom. The van der Waals surface area contributed by atoms with Crippen molar-refractivity contribution in [2.45, 2.75) is 46.0 Å². The maximum atomic E-state index is 10.2. The molecule has 0 N–H and O–H groups in total. The van der Waals surface area contributed by atoms with Gasteiger partial charge in [-0.1, -0.05) is 26.7 Å². The molecule has 1 heteroatoms. The van der Waals surface area contributed by atoms with E-state index in [0.29, 0.717) is 0 Å². The van der Waals surface area contributed by atoms with Gasteiger partial charge in [-0.25, -0.2) is 4.79 Å². The van der Waals surface area contributed by atoms with Crippen LogP contribution in [0, 0.1) is 0 Å². The molecule has 0 bridgehead atoms. The fraction of sp³-hybridized carbons (Fsp3) is 0.778. The molecule has 0 atom stereocenters. The third-order valence-corrected chi connectivity index (χ3v) is 1.65. The number of hydrogen-bond donors (Lipinski definition) is 0. The van der Waals surface area contributed by atoms with Gasteiger partial charge in [0.2, 0.25) is 0 Å². The fourth-order valence-electron chi connectivity index (χ4n) is 0.888. The summed E-state index contributed by atoms with van der Waals surface area (Å²) in [5.74, 6) is 1.98. The van der Waals surface area contributed by atoms with Crippen LogP contribution in [-0.4, -0.2) is 5.94 Å². The summed E-state index contributed by atoms with van der Waals surface area (Å²) in [5.41, 5.74) is 0.938. The fourth-order valence-corrected chi connectivity index (χ4v) is 0.888. The van der Waals surface area contributed by atoms with Gasteiger partial charge < -0.3 is 0 Å². The summed E-state index contributed by atoms with van der Waals surface area (Å²) in [4.78, 5) is 10.2. The predicted molar refractivity (Wildman–Crippen MR) is 43.6 cm³/mol. The Bertz CT molecular complexity index is 121. The van der Waals surface area contributed by atoms with Gasteiger partial charge >= 0.3 is 0 Å². The molecule has 0 aromatic heterocycles. The molecule has 0 aliphatic carbocycles. The van der Waals surface area contributed by atoms with Crippen molar-refractivity contribution in [1.29, 1.82) is 0 Å². The summed E-state index contributed by atoms with van der Waals surface area (Å²) in [5, 5.41) is 0. The van der Waals surface area contributed by atoms with Crippen molar-refractivity contribution in [2.75, 3.05) is 0 Å². The van der Waals surface area contributed by atoms with E-state index in [1.54, 1.807) is 0 Å². The molecule has 58 valence electrons. The Hall–Kier alpha value is -0.550. The molecule has 0 unspecified atom stereocenters. The van der Waals surface area contributed by atoms with E-state index in [-0.39, 0.29) is 0 Å². The first kappa shape index (κ1) is 9.45. The summed E-state index contributed by atoms with van der Waals surface area (Å²) < 4.78 is 0. The van der Waals surface area contributed by atoms with Crippen molar-refractivity contribution < 1.29 is 4.79 Å². The summed E-state index contributed by atoms with van der Waals surface area (Å²) in [6.45, 7) is 4.17. The normalized spacial score (nSPS) is 9.00. The SMILES string of the molecule is CCCCCC(=C=O)CC. The van der Waals surface area contributed by atoms with Crippen LogP contribution in [0.25, 0.3) is 0 Å². The highest BCUT2D eigenvalue weighted by atomic mass is 16.1. The highest BCUT2D eigenvalue weighted by molar-refractivity contribution is 5.51. The lowest BCUT2D eigenvalue weighted by Gasteiger charge is -1.96. The van der Waals surface area contributed by atoms with Gasteiger partial charge in [0.15, 0.2) is 0 Å². The highest BCUT2D eigenvalue weighted by Crippen LogP contribution is 2.08. The second-order valence-electron chi connectivity index (χ2n) is 2.52. The van der Waals surface area contributed by atoms with Crippen LogP contribution in [0.2, 0.25) is 0 Å². The Morgan fingerprint density at radius 1 is 1.30 bits per heavy atom. The van der Waals surface area contributed by atoms with Gasteiger partial charge in [0.1, 0.15) is 5.94 Å². The minimum Gasteiger partial charge on any atom is -0.234 e. The van der Waals surface area contributed by atoms with E-state index < -0.39 is 0 Å². The van der Waals surface area contributed by atoms with Crippen LogP contribution in [0.4, 0.5) is 0 Å². The molecule has 10 heavy (non-hydrogen) atoms. The molecule has 0 spiro atoms. The molecule has 0 radical (unpaired) electrons. The second-order valence-corrected chi connectivity index (χ2v) is 2.52. The van der Waals surface area contributed by atoms with Crippen molar-refractivity contribution in [1.82, 2.24) is 0 Å². The van der Waals surface area contributed by atoms with Crippen LogP contribution in [0.15, 0.2) is 5.57 Å². The van der Waals surface area contributed by atoms with E-state index in [4.69, 9.17) is 0 Å². The topological polar surface area (TPSA) is 17.1 Å². The zero-order valence-corrected chi connectivity index (χ0v) is 6.94. The average molecular weight is 140 g/mol. The number of rotatable bonds is 5. The molecular weight excluding hydrogens is 124 g/mol. The number of carbonyl (C=O) groups excluding carboxylic acids is 1. The van der Waals surface area contributed by atoms with Crippen molar-refractivity contribution in [3.05, 3.63) is 5.57 Å². The minimum atomic E-state index is 0.868. The zero-order chi connectivity index (χ0) is 7.82. The van der Waals surface area contributed by atoms with Crippen molar-refractivity contribution >= 4 is 5.94 Å². The summed E-state index contributed by atoms with van der Waals surface area (Å²) in [6.07, 6.45) is 5.41. The molecule has 1 nitrogen and oxygen atoms in total. The van der Waals surface area contributed by atoms with Gasteiger partial charge in [0.25, 0.3) is 0 Å². The van der Waals surface area contributed by atoms with E-state index in [2.05, 4.69) is 6.92 Å². The first-order valence-electron chi connectivity index (χ1n) is 4.08. The van der Waals surface area contributed by atoms with Gasteiger partial charge in [-0.15, -0.1) is 0 Å². The third kappa shape index (κ3) is 4.34. The minimum absolute atomic E-state index is 0.868. The van der Waals surface area contributed by atoms with Gasteiger partial charge in [-0.3, -0.25) is 0 Å². The lowest BCUT2D eigenvalue weighted by molar-refractivity contribution is 0.563.